The number of carbonyl (C=O) groups is 2. The molecule has 1 aromatic rings. The summed E-state index contributed by atoms with van der Waals surface area (Å²) < 4.78 is 0. The van der Waals surface area contributed by atoms with Crippen molar-refractivity contribution in [1.82, 2.24) is 10.2 Å². The number of hydrogen-bond donors (Lipinski definition) is 1. The Balaban J connectivity index is 2.11. The summed E-state index contributed by atoms with van der Waals surface area (Å²) in [7, 11) is 0. The number of benzene rings is 1. The molecular weight excluding hydrogens is 262 g/mol. The second-order valence-electron chi connectivity index (χ2n) is 4.26. The second kappa shape index (κ2) is 5.96. The van der Waals surface area contributed by atoms with E-state index < -0.39 is 4.92 Å². The van der Waals surface area contributed by atoms with Gasteiger partial charge in [0.25, 0.3) is 5.69 Å². The minimum Gasteiger partial charge on any atom is -0.353 e. The van der Waals surface area contributed by atoms with Crippen molar-refractivity contribution in [3.63, 3.8) is 0 Å². The van der Waals surface area contributed by atoms with Gasteiger partial charge in [0, 0.05) is 25.2 Å². The topological polar surface area (TPSA) is 92.5 Å². The van der Waals surface area contributed by atoms with E-state index in [1.165, 1.54) is 23.1 Å². The molecule has 1 fully saturated rings. The molecule has 0 aliphatic carbocycles. The van der Waals surface area contributed by atoms with Crippen LogP contribution in [0.1, 0.15) is 5.56 Å². The molecule has 0 aromatic heterocycles. The number of nitro benzene ring substituents is 1. The van der Waals surface area contributed by atoms with Gasteiger partial charge in [-0.1, -0.05) is 12.1 Å². The largest absolute Gasteiger partial charge is 0.353 e. The molecule has 0 atom stereocenters. The van der Waals surface area contributed by atoms with Gasteiger partial charge >= 0.3 is 0 Å². The van der Waals surface area contributed by atoms with Crippen molar-refractivity contribution in [2.45, 2.75) is 0 Å². The molecular formula is C13H13N3O4. The maximum Gasteiger partial charge on any atom is 0.276 e. The Morgan fingerprint density at radius 3 is 2.85 bits per heavy atom. The molecule has 7 nitrogen and oxygen atoms in total. The van der Waals surface area contributed by atoms with Gasteiger partial charge in [-0.05, 0) is 12.1 Å². The molecule has 1 aromatic carbocycles. The molecule has 20 heavy (non-hydrogen) atoms. The van der Waals surface area contributed by atoms with Crippen molar-refractivity contribution in [2.24, 2.45) is 0 Å². The highest BCUT2D eigenvalue weighted by atomic mass is 16.6. The van der Waals surface area contributed by atoms with Gasteiger partial charge in [-0.2, -0.15) is 0 Å². The molecule has 1 aliphatic rings. The lowest BCUT2D eigenvalue weighted by Gasteiger charge is -2.25. The first-order valence-corrected chi connectivity index (χ1v) is 6.05. The first kappa shape index (κ1) is 13.7. The molecule has 104 valence electrons. The number of nitrogens with zero attached hydrogens (tertiary/aromatic N) is 2. The highest BCUT2D eigenvalue weighted by molar-refractivity contribution is 5.95. The fraction of sp³-hybridized carbons (Fsp3) is 0.231. The number of carbonyl (C=O) groups excluding carboxylic acids is 2. The first-order chi connectivity index (χ1) is 9.58. The van der Waals surface area contributed by atoms with Crippen molar-refractivity contribution in [3.05, 3.63) is 46.0 Å². The quantitative estimate of drug-likeness (QED) is 0.495. The summed E-state index contributed by atoms with van der Waals surface area (Å²) in [5, 5.41) is 13.5. The summed E-state index contributed by atoms with van der Waals surface area (Å²) in [5.74, 6) is -0.540. The Labute approximate surface area is 115 Å². The maximum atomic E-state index is 11.9. The van der Waals surface area contributed by atoms with Crippen LogP contribution in [0, 0.1) is 10.1 Å². The predicted octanol–water partition coefficient (Wildman–Crippen LogP) is 0.566. The van der Waals surface area contributed by atoms with Gasteiger partial charge in [-0.15, -0.1) is 0 Å². The normalized spacial score (nSPS) is 15.2. The number of hydrogen-bond acceptors (Lipinski definition) is 4. The molecule has 0 bridgehead atoms. The van der Waals surface area contributed by atoms with Gasteiger partial charge in [-0.25, -0.2) is 0 Å². The Morgan fingerprint density at radius 1 is 1.40 bits per heavy atom. The number of amides is 2. The summed E-state index contributed by atoms with van der Waals surface area (Å²) in [6.45, 7) is 0.871. The Bertz CT molecular complexity index is 583. The number of piperazine rings is 1. The van der Waals surface area contributed by atoms with Crippen LogP contribution in [-0.4, -0.2) is 41.3 Å². The van der Waals surface area contributed by atoms with E-state index in [4.69, 9.17) is 0 Å². The van der Waals surface area contributed by atoms with E-state index in [2.05, 4.69) is 5.32 Å². The fourth-order valence-corrected chi connectivity index (χ4v) is 1.89. The summed E-state index contributed by atoms with van der Waals surface area (Å²) in [5.41, 5.74) is 0.292. The van der Waals surface area contributed by atoms with Crippen molar-refractivity contribution in [2.75, 3.05) is 19.6 Å². The maximum absolute atomic E-state index is 11.9. The predicted molar refractivity (Wildman–Crippen MR) is 71.7 cm³/mol. The van der Waals surface area contributed by atoms with Gasteiger partial charge in [0.2, 0.25) is 11.8 Å². The number of para-hydroxylation sites is 1. The van der Waals surface area contributed by atoms with Crippen LogP contribution in [0.15, 0.2) is 30.3 Å². The smallest absolute Gasteiger partial charge is 0.276 e. The fourth-order valence-electron chi connectivity index (χ4n) is 1.89. The van der Waals surface area contributed by atoms with Crippen LogP contribution >= 0.6 is 0 Å². The average Bonchev–Trinajstić information content (AvgIpc) is 2.45. The Kier molecular flexibility index (Phi) is 4.09. The van der Waals surface area contributed by atoms with E-state index in [0.717, 1.165) is 0 Å². The molecule has 0 spiro atoms. The Hall–Kier alpha value is -2.70. The zero-order valence-electron chi connectivity index (χ0n) is 10.6. The molecule has 0 radical (unpaired) electrons. The van der Waals surface area contributed by atoms with Crippen LogP contribution in [0.25, 0.3) is 6.08 Å². The lowest BCUT2D eigenvalue weighted by atomic mass is 10.1. The van der Waals surface area contributed by atoms with Gasteiger partial charge in [0.05, 0.1) is 17.0 Å². The molecule has 1 saturated heterocycles. The monoisotopic (exact) mass is 275 g/mol. The van der Waals surface area contributed by atoms with E-state index >= 15 is 0 Å². The number of nitrogens with one attached hydrogen (secondary N) is 1. The van der Waals surface area contributed by atoms with E-state index in [-0.39, 0.29) is 24.0 Å². The third kappa shape index (κ3) is 3.19. The summed E-state index contributed by atoms with van der Waals surface area (Å²) in [4.78, 5) is 34.8. The molecule has 1 heterocycles. The lowest BCUT2D eigenvalue weighted by Crippen LogP contribution is -2.49. The standard InChI is InChI=1S/C13H13N3O4/c17-12-9-15(8-7-14-12)13(18)6-5-10-3-1-2-4-11(10)16(19)20/h1-6H,7-9H2,(H,14,17)/b6-5+. The zero-order chi connectivity index (χ0) is 14.5. The van der Waals surface area contributed by atoms with E-state index in [1.807, 2.05) is 0 Å². The van der Waals surface area contributed by atoms with Crippen LogP contribution < -0.4 is 5.32 Å². The van der Waals surface area contributed by atoms with Crippen LogP contribution in [0.2, 0.25) is 0 Å². The van der Waals surface area contributed by atoms with Gasteiger partial charge < -0.3 is 10.2 Å². The van der Waals surface area contributed by atoms with Crippen molar-refractivity contribution in [3.8, 4) is 0 Å². The second-order valence-corrected chi connectivity index (χ2v) is 4.26. The highest BCUT2D eigenvalue weighted by Gasteiger charge is 2.19. The van der Waals surface area contributed by atoms with Crippen LogP contribution in [-0.2, 0) is 9.59 Å². The number of rotatable bonds is 3. The number of nitro groups is 1. The molecule has 7 heteroatoms. The molecule has 2 rings (SSSR count). The van der Waals surface area contributed by atoms with Crippen molar-refractivity contribution >= 4 is 23.6 Å². The van der Waals surface area contributed by atoms with E-state index in [9.17, 15) is 19.7 Å². The Morgan fingerprint density at radius 2 is 2.15 bits per heavy atom. The van der Waals surface area contributed by atoms with Crippen LogP contribution in [0.5, 0.6) is 0 Å². The summed E-state index contributed by atoms with van der Waals surface area (Å²) in [6, 6.07) is 6.15. The van der Waals surface area contributed by atoms with E-state index in [0.29, 0.717) is 18.7 Å². The minimum atomic E-state index is -0.501. The van der Waals surface area contributed by atoms with Gasteiger partial charge in [0.1, 0.15) is 0 Å². The van der Waals surface area contributed by atoms with Crippen molar-refractivity contribution in [1.29, 1.82) is 0 Å². The summed E-state index contributed by atoms with van der Waals surface area (Å²) >= 11 is 0. The molecule has 2 amide bonds. The van der Waals surface area contributed by atoms with E-state index in [1.54, 1.807) is 18.2 Å². The lowest BCUT2D eigenvalue weighted by molar-refractivity contribution is -0.385. The van der Waals surface area contributed by atoms with Gasteiger partial charge in [0.15, 0.2) is 0 Å². The third-order valence-electron chi connectivity index (χ3n) is 2.89. The average molecular weight is 275 g/mol. The van der Waals surface area contributed by atoms with Crippen LogP contribution in [0.4, 0.5) is 5.69 Å². The third-order valence-corrected chi connectivity index (χ3v) is 2.89. The molecule has 0 saturated carbocycles. The SMILES string of the molecule is O=C1CN(C(=O)/C=C/c2ccccc2[N+](=O)[O-])CCN1. The zero-order valence-corrected chi connectivity index (χ0v) is 10.6. The first-order valence-electron chi connectivity index (χ1n) is 6.05. The minimum absolute atomic E-state index is 0.0139. The van der Waals surface area contributed by atoms with Gasteiger partial charge in [-0.3, -0.25) is 19.7 Å². The molecule has 0 unspecified atom stereocenters. The van der Waals surface area contributed by atoms with Crippen molar-refractivity contribution < 1.29 is 14.5 Å². The highest BCUT2D eigenvalue weighted by Crippen LogP contribution is 2.19. The molecule has 1 aliphatic heterocycles. The summed E-state index contributed by atoms with van der Waals surface area (Å²) in [6.07, 6.45) is 2.65. The molecule has 1 N–H and O–H groups in total. The van der Waals surface area contributed by atoms with Crippen LogP contribution in [0.3, 0.4) is 0 Å².